The zero-order valence-corrected chi connectivity index (χ0v) is 10.3. The smallest absolute Gasteiger partial charge is 0.308 e. The number of carboxylic acid groups (broad SMARTS) is 1. The third kappa shape index (κ3) is 3.64. The summed E-state index contributed by atoms with van der Waals surface area (Å²) in [6, 6.07) is 5.40. The lowest BCUT2D eigenvalue weighted by Gasteiger charge is -2.05. The minimum atomic E-state index is -1.10. The quantitative estimate of drug-likeness (QED) is 0.854. The van der Waals surface area contributed by atoms with Crippen molar-refractivity contribution in [1.82, 2.24) is 9.97 Å². The second-order valence-corrected chi connectivity index (χ2v) is 4.00. The summed E-state index contributed by atoms with van der Waals surface area (Å²) in [5.74, 6) is -0.786. The maximum absolute atomic E-state index is 12.7. The van der Waals surface area contributed by atoms with E-state index in [0.29, 0.717) is 5.75 Å². The number of halogens is 1. The van der Waals surface area contributed by atoms with Crippen molar-refractivity contribution in [2.24, 2.45) is 0 Å². The van der Waals surface area contributed by atoms with E-state index in [4.69, 9.17) is 9.84 Å². The van der Waals surface area contributed by atoms with Crippen LogP contribution in [0.25, 0.3) is 0 Å². The Kier molecular flexibility index (Phi) is 4.09. The predicted molar refractivity (Wildman–Crippen MR) is 66.9 cm³/mol. The van der Waals surface area contributed by atoms with Gasteiger partial charge in [0.15, 0.2) is 0 Å². The molecule has 0 amide bonds. The Balaban J connectivity index is 2.03. The van der Waals surface area contributed by atoms with Gasteiger partial charge in [-0.15, -0.1) is 0 Å². The number of aromatic amines is 1. The molecule has 7 heteroatoms. The van der Waals surface area contributed by atoms with Crippen LogP contribution in [0.15, 0.2) is 35.3 Å². The highest BCUT2D eigenvalue weighted by molar-refractivity contribution is 5.69. The van der Waals surface area contributed by atoms with Crippen molar-refractivity contribution in [3.63, 3.8) is 0 Å². The lowest BCUT2D eigenvalue weighted by Crippen LogP contribution is -2.19. The Labute approximate surface area is 112 Å². The SMILES string of the molecule is O=C(O)Cc1cnc(COc2ccc(F)cc2)[nH]c1=O. The molecule has 1 aromatic carbocycles. The number of carbonyl (C=O) groups is 1. The molecule has 0 radical (unpaired) electrons. The second-order valence-electron chi connectivity index (χ2n) is 4.00. The van der Waals surface area contributed by atoms with Crippen LogP contribution >= 0.6 is 0 Å². The summed E-state index contributed by atoms with van der Waals surface area (Å²) in [5.41, 5.74) is -0.442. The third-order valence-electron chi connectivity index (χ3n) is 2.46. The van der Waals surface area contributed by atoms with Gasteiger partial charge in [-0.05, 0) is 24.3 Å². The van der Waals surface area contributed by atoms with Crippen LogP contribution in [0.1, 0.15) is 11.4 Å². The maximum Gasteiger partial charge on any atom is 0.308 e. The van der Waals surface area contributed by atoms with E-state index in [-0.39, 0.29) is 30.2 Å². The zero-order chi connectivity index (χ0) is 14.5. The first-order valence-corrected chi connectivity index (χ1v) is 5.72. The summed E-state index contributed by atoms with van der Waals surface area (Å²) in [6.07, 6.45) is 0.817. The van der Waals surface area contributed by atoms with Crippen molar-refractivity contribution in [1.29, 1.82) is 0 Å². The summed E-state index contributed by atoms with van der Waals surface area (Å²) < 4.78 is 18.0. The molecule has 20 heavy (non-hydrogen) atoms. The molecule has 2 rings (SSSR count). The molecular weight excluding hydrogens is 267 g/mol. The number of aliphatic carboxylic acids is 1. The Morgan fingerprint density at radius 2 is 2.05 bits per heavy atom. The van der Waals surface area contributed by atoms with E-state index < -0.39 is 11.5 Å². The van der Waals surface area contributed by atoms with Gasteiger partial charge in [0.25, 0.3) is 5.56 Å². The predicted octanol–water partition coefficient (Wildman–Crippen LogP) is 1.12. The number of benzene rings is 1. The molecule has 0 aliphatic heterocycles. The van der Waals surface area contributed by atoms with Crippen LogP contribution in [0.2, 0.25) is 0 Å². The van der Waals surface area contributed by atoms with Gasteiger partial charge in [-0.2, -0.15) is 0 Å². The number of nitrogens with one attached hydrogen (secondary N) is 1. The summed E-state index contributed by atoms with van der Waals surface area (Å²) in [4.78, 5) is 28.4. The van der Waals surface area contributed by atoms with E-state index in [1.807, 2.05) is 0 Å². The highest BCUT2D eigenvalue weighted by Gasteiger charge is 2.07. The Morgan fingerprint density at radius 3 is 2.65 bits per heavy atom. The fraction of sp³-hybridized carbons (Fsp3) is 0.154. The van der Waals surface area contributed by atoms with Gasteiger partial charge in [0.2, 0.25) is 0 Å². The molecule has 0 fully saturated rings. The van der Waals surface area contributed by atoms with E-state index in [2.05, 4.69) is 9.97 Å². The number of H-pyrrole nitrogens is 1. The number of hydrogen-bond donors (Lipinski definition) is 2. The highest BCUT2D eigenvalue weighted by Crippen LogP contribution is 2.12. The van der Waals surface area contributed by atoms with Gasteiger partial charge < -0.3 is 14.8 Å². The van der Waals surface area contributed by atoms with Crippen molar-refractivity contribution in [3.8, 4) is 5.75 Å². The average Bonchev–Trinajstić information content (AvgIpc) is 2.40. The second kappa shape index (κ2) is 5.96. The number of rotatable bonds is 5. The molecule has 0 spiro atoms. The molecule has 0 atom stereocenters. The van der Waals surface area contributed by atoms with Crippen molar-refractivity contribution >= 4 is 5.97 Å². The van der Waals surface area contributed by atoms with Crippen molar-refractivity contribution in [3.05, 3.63) is 58.0 Å². The molecule has 1 heterocycles. The summed E-state index contributed by atoms with van der Waals surface area (Å²) >= 11 is 0. The lowest BCUT2D eigenvalue weighted by atomic mass is 10.2. The number of aromatic nitrogens is 2. The largest absolute Gasteiger partial charge is 0.486 e. The maximum atomic E-state index is 12.7. The molecule has 2 aromatic rings. The summed E-state index contributed by atoms with van der Waals surface area (Å²) in [7, 11) is 0. The van der Waals surface area contributed by atoms with E-state index in [1.54, 1.807) is 0 Å². The van der Waals surface area contributed by atoms with Crippen molar-refractivity contribution in [2.45, 2.75) is 13.0 Å². The Hall–Kier alpha value is -2.70. The first-order chi connectivity index (χ1) is 9.54. The molecule has 0 unspecified atom stereocenters. The Morgan fingerprint density at radius 1 is 1.35 bits per heavy atom. The standard InChI is InChI=1S/C13H11FN2O4/c14-9-1-3-10(4-2-9)20-7-11-15-6-8(5-12(17)18)13(19)16-11/h1-4,6H,5,7H2,(H,17,18)(H,15,16,19). The molecule has 0 aliphatic carbocycles. The average molecular weight is 278 g/mol. The van der Waals surface area contributed by atoms with Gasteiger partial charge in [-0.25, -0.2) is 9.37 Å². The lowest BCUT2D eigenvalue weighted by molar-refractivity contribution is -0.136. The number of ether oxygens (including phenoxy) is 1. The minimum Gasteiger partial charge on any atom is -0.486 e. The molecule has 0 bridgehead atoms. The topological polar surface area (TPSA) is 92.3 Å². The fourth-order valence-electron chi connectivity index (χ4n) is 1.50. The van der Waals surface area contributed by atoms with Gasteiger partial charge in [0.05, 0.1) is 6.42 Å². The van der Waals surface area contributed by atoms with E-state index in [0.717, 1.165) is 0 Å². The van der Waals surface area contributed by atoms with Crippen LogP contribution in [0, 0.1) is 5.82 Å². The van der Waals surface area contributed by atoms with Gasteiger partial charge in [0, 0.05) is 11.8 Å². The van der Waals surface area contributed by atoms with Crippen molar-refractivity contribution in [2.75, 3.05) is 0 Å². The van der Waals surface area contributed by atoms with Gasteiger partial charge in [-0.3, -0.25) is 9.59 Å². The van der Waals surface area contributed by atoms with Gasteiger partial charge >= 0.3 is 5.97 Å². The molecule has 2 N–H and O–H groups in total. The molecule has 1 aromatic heterocycles. The first-order valence-electron chi connectivity index (χ1n) is 5.72. The molecule has 0 saturated carbocycles. The van der Waals surface area contributed by atoms with Crippen LogP contribution in [0.3, 0.4) is 0 Å². The van der Waals surface area contributed by atoms with Crippen molar-refractivity contribution < 1.29 is 19.0 Å². The van der Waals surface area contributed by atoms with Gasteiger partial charge in [0.1, 0.15) is 24.0 Å². The number of hydrogen-bond acceptors (Lipinski definition) is 4. The van der Waals surface area contributed by atoms with E-state index in [1.165, 1.54) is 30.5 Å². The molecule has 0 saturated heterocycles. The van der Waals surface area contributed by atoms with E-state index in [9.17, 15) is 14.0 Å². The Bertz CT molecular complexity index is 667. The third-order valence-corrected chi connectivity index (χ3v) is 2.46. The summed E-state index contributed by atoms with van der Waals surface area (Å²) in [5, 5.41) is 8.60. The minimum absolute atomic E-state index is 0.00573. The van der Waals surface area contributed by atoms with E-state index >= 15 is 0 Å². The van der Waals surface area contributed by atoms with Crippen LogP contribution in [-0.2, 0) is 17.8 Å². The molecule has 6 nitrogen and oxygen atoms in total. The monoisotopic (exact) mass is 278 g/mol. The normalized spacial score (nSPS) is 10.2. The zero-order valence-electron chi connectivity index (χ0n) is 10.3. The van der Waals surface area contributed by atoms with Crippen LogP contribution in [0.4, 0.5) is 4.39 Å². The molecular formula is C13H11FN2O4. The fourth-order valence-corrected chi connectivity index (χ4v) is 1.50. The van der Waals surface area contributed by atoms with Crippen LogP contribution in [0.5, 0.6) is 5.75 Å². The highest BCUT2D eigenvalue weighted by atomic mass is 19.1. The van der Waals surface area contributed by atoms with Crippen LogP contribution < -0.4 is 10.3 Å². The van der Waals surface area contributed by atoms with Crippen LogP contribution in [-0.4, -0.2) is 21.0 Å². The van der Waals surface area contributed by atoms with Gasteiger partial charge in [-0.1, -0.05) is 0 Å². The summed E-state index contributed by atoms with van der Waals surface area (Å²) in [6.45, 7) is -0.00573. The first kappa shape index (κ1) is 13.7. The molecule has 104 valence electrons. The molecule has 0 aliphatic rings. The number of carboxylic acids is 1. The number of nitrogens with zero attached hydrogens (tertiary/aromatic N) is 1.